The molecule has 2 aromatic rings. The number of aryl methyl sites for hydroxylation is 3. The zero-order valence-corrected chi connectivity index (χ0v) is 12.9. The van der Waals surface area contributed by atoms with Gasteiger partial charge in [-0.25, -0.2) is 0 Å². The van der Waals surface area contributed by atoms with Crippen LogP contribution in [0.15, 0.2) is 12.1 Å². The number of fused-ring (bicyclic) bond motifs is 1. The molecule has 0 aliphatic carbocycles. The molecule has 2 heteroatoms. The molecular weight excluding hydrogens is 228 g/mol. The highest BCUT2D eigenvalue weighted by Crippen LogP contribution is 2.31. The largest absolute Gasteiger partial charge is 0.144 e. The van der Waals surface area contributed by atoms with Gasteiger partial charge in [0.2, 0.25) is 0 Å². The van der Waals surface area contributed by atoms with Crippen molar-refractivity contribution in [2.24, 2.45) is 0 Å². The van der Waals surface area contributed by atoms with Crippen molar-refractivity contribution >= 4 is 34.0 Å². The standard InChI is InChI=1S/C14H20SSi/c1-9-7-8-10(2)13-12(9)11(3)14(15-13)16(4,5)6/h7-8H,1-6H3. The normalized spacial score (nSPS) is 12.4. The highest BCUT2D eigenvalue weighted by atomic mass is 32.1. The fourth-order valence-electron chi connectivity index (χ4n) is 2.39. The van der Waals surface area contributed by atoms with Gasteiger partial charge in [-0.3, -0.25) is 0 Å². The first-order chi connectivity index (χ1) is 7.32. The second kappa shape index (κ2) is 3.71. The van der Waals surface area contributed by atoms with E-state index in [9.17, 15) is 0 Å². The van der Waals surface area contributed by atoms with Gasteiger partial charge < -0.3 is 0 Å². The first kappa shape index (κ1) is 11.9. The minimum Gasteiger partial charge on any atom is -0.144 e. The average Bonchev–Trinajstić information content (AvgIpc) is 2.51. The summed E-state index contributed by atoms with van der Waals surface area (Å²) in [5.41, 5.74) is 4.40. The number of rotatable bonds is 1. The van der Waals surface area contributed by atoms with E-state index in [-0.39, 0.29) is 0 Å². The van der Waals surface area contributed by atoms with Gasteiger partial charge in [0.25, 0.3) is 0 Å². The third-order valence-corrected chi connectivity index (χ3v) is 8.29. The Labute approximate surface area is 103 Å². The molecule has 0 amide bonds. The predicted molar refractivity (Wildman–Crippen MR) is 79.0 cm³/mol. The molecule has 16 heavy (non-hydrogen) atoms. The second-order valence-electron chi connectivity index (χ2n) is 5.71. The van der Waals surface area contributed by atoms with Crippen LogP contribution in [0.1, 0.15) is 16.7 Å². The van der Waals surface area contributed by atoms with Crippen molar-refractivity contribution in [2.75, 3.05) is 0 Å². The lowest BCUT2D eigenvalue weighted by molar-refractivity contribution is 1.46. The van der Waals surface area contributed by atoms with Gasteiger partial charge in [0.05, 0.1) is 8.07 Å². The summed E-state index contributed by atoms with van der Waals surface area (Å²) < 4.78 is 3.18. The number of hydrogen-bond acceptors (Lipinski definition) is 1. The van der Waals surface area contributed by atoms with Gasteiger partial charge in [-0.2, -0.15) is 0 Å². The Morgan fingerprint density at radius 1 is 0.938 bits per heavy atom. The van der Waals surface area contributed by atoms with Crippen molar-refractivity contribution in [3.8, 4) is 0 Å². The van der Waals surface area contributed by atoms with Gasteiger partial charge in [0.15, 0.2) is 0 Å². The van der Waals surface area contributed by atoms with Crippen LogP contribution in [-0.4, -0.2) is 8.07 Å². The van der Waals surface area contributed by atoms with E-state index in [0.717, 1.165) is 0 Å². The van der Waals surface area contributed by atoms with Crippen LogP contribution in [0.3, 0.4) is 0 Å². The number of benzene rings is 1. The van der Waals surface area contributed by atoms with Crippen LogP contribution in [-0.2, 0) is 0 Å². The zero-order chi connectivity index (χ0) is 12.1. The molecule has 0 fully saturated rings. The smallest absolute Gasteiger partial charge is 0.0908 e. The van der Waals surface area contributed by atoms with Crippen LogP contribution in [0.5, 0.6) is 0 Å². The summed E-state index contributed by atoms with van der Waals surface area (Å²) in [5, 5.41) is 1.52. The molecule has 86 valence electrons. The Balaban J connectivity index is 2.88. The van der Waals surface area contributed by atoms with Crippen molar-refractivity contribution in [1.82, 2.24) is 0 Å². The zero-order valence-electron chi connectivity index (χ0n) is 11.1. The van der Waals surface area contributed by atoms with Crippen molar-refractivity contribution in [1.29, 1.82) is 0 Å². The molecule has 1 aromatic heterocycles. The van der Waals surface area contributed by atoms with Gasteiger partial charge in [-0.05, 0) is 47.3 Å². The van der Waals surface area contributed by atoms with Crippen molar-refractivity contribution in [2.45, 2.75) is 40.4 Å². The lowest BCUT2D eigenvalue weighted by Crippen LogP contribution is -2.36. The maximum Gasteiger partial charge on any atom is 0.0908 e. The molecule has 0 N–H and O–H groups in total. The fraction of sp³-hybridized carbons (Fsp3) is 0.429. The Hall–Kier alpha value is -0.603. The van der Waals surface area contributed by atoms with Crippen LogP contribution >= 0.6 is 11.3 Å². The molecule has 1 aromatic carbocycles. The monoisotopic (exact) mass is 248 g/mol. The van der Waals surface area contributed by atoms with E-state index < -0.39 is 8.07 Å². The molecule has 0 radical (unpaired) electrons. The van der Waals surface area contributed by atoms with E-state index in [1.807, 2.05) is 11.3 Å². The minimum atomic E-state index is -1.19. The first-order valence-corrected chi connectivity index (χ1v) is 10.1. The van der Waals surface area contributed by atoms with Crippen molar-refractivity contribution in [3.63, 3.8) is 0 Å². The predicted octanol–water partition coefficient (Wildman–Crippen LogP) is 4.37. The Kier molecular flexibility index (Phi) is 2.75. The van der Waals surface area contributed by atoms with Crippen molar-refractivity contribution < 1.29 is 0 Å². The third kappa shape index (κ3) is 1.74. The summed E-state index contributed by atoms with van der Waals surface area (Å²) in [6.07, 6.45) is 0. The summed E-state index contributed by atoms with van der Waals surface area (Å²) in [6.45, 7) is 14.1. The molecule has 0 saturated carbocycles. The molecule has 0 nitrogen and oxygen atoms in total. The van der Waals surface area contributed by atoms with Crippen LogP contribution in [0.25, 0.3) is 10.1 Å². The molecule has 1 heterocycles. The Bertz CT molecular complexity index is 544. The highest BCUT2D eigenvalue weighted by molar-refractivity contribution is 7.31. The first-order valence-electron chi connectivity index (χ1n) is 5.82. The number of thiophene rings is 1. The van der Waals surface area contributed by atoms with Crippen LogP contribution < -0.4 is 4.50 Å². The Morgan fingerprint density at radius 2 is 1.50 bits per heavy atom. The van der Waals surface area contributed by atoms with Crippen LogP contribution in [0.4, 0.5) is 0 Å². The molecule has 0 aliphatic heterocycles. The average molecular weight is 248 g/mol. The van der Waals surface area contributed by atoms with Crippen molar-refractivity contribution in [3.05, 3.63) is 28.8 Å². The van der Waals surface area contributed by atoms with Gasteiger partial charge in [-0.15, -0.1) is 11.3 Å². The molecule has 0 aliphatic rings. The maximum absolute atomic E-state index is 2.44. The topological polar surface area (TPSA) is 0 Å². The second-order valence-corrected chi connectivity index (χ2v) is 12.1. The molecule has 0 bridgehead atoms. The van der Waals surface area contributed by atoms with E-state index in [1.165, 1.54) is 21.2 Å². The molecule has 0 unspecified atom stereocenters. The Morgan fingerprint density at radius 3 is 2.00 bits per heavy atom. The van der Waals surface area contributed by atoms with E-state index in [0.29, 0.717) is 0 Å². The molecule has 0 spiro atoms. The number of hydrogen-bond donors (Lipinski definition) is 0. The van der Waals surface area contributed by atoms with E-state index in [2.05, 4.69) is 52.5 Å². The van der Waals surface area contributed by atoms with Gasteiger partial charge in [0, 0.05) is 4.70 Å². The van der Waals surface area contributed by atoms with E-state index in [4.69, 9.17) is 0 Å². The van der Waals surface area contributed by atoms with E-state index in [1.54, 1.807) is 10.1 Å². The van der Waals surface area contributed by atoms with Gasteiger partial charge in [-0.1, -0.05) is 31.8 Å². The third-order valence-electron chi connectivity index (χ3n) is 3.16. The fourth-order valence-corrected chi connectivity index (χ4v) is 6.28. The SMILES string of the molecule is Cc1ccc(C)c2c(C)c([Si](C)(C)C)sc12. The molecule has 0 atom stereocenters. The van der Waals surface area contributed by atoms with Crippen LogP contribution in [0.2, 0.25) is 19.6 Å². The molecule has 2 rings (SSSR count). The summed E-state index contributed by atoms with van der Waals surface area (Å²) in [4.78, 5) is 0. The summed E-state index contributed by atoms with van der Waals surface area (Å²) in [6, 6.07) is 4.51. The maximum atomic E-state index is 2.44. The minimum absolute atomic E-state index is 1.19. The molecule has 0 saturated heterocycles. The highest BCUT2D eigenvalue weighted by Gasteiger charge is 2.23. The van der Waals surface area contributed by atoms with Gasteiger partial charge in [0.1, 0.15) is 0 Å². The van der Waals surface area contributed by atoms with E-state index >= 15 is 0 Å². The summed E-state index contributed by atoms with van der Waals surface area (Å²) in [5.74, 6) is 0. The lowest BCUT2D eigenvalue weighted by atomic mass is 10.1. The molecular formula is C14H20SSi. The van der Waals surface area contributed by atoms with Gasteiger partial charge >= 0.3 is 0 Å². The summed E-state index contributed by atoms with van der Waals surface area (Å²) in [7, 11) is -1.19. The quantitative estimate of drug-likeness (QED) is 0.657. The summed E-state index contributed by atoms with van der Waals surface area (Å²) >= 11 is 2.03. The van der Waals surface area contributed by atoms with Crippen LogP contribution in [0, 0.1) is 20.8 Å². The lowest BCUT2D eigenvalue weighted by Gasteiger charge is -2.14.